The Labute approximate surface area is 131 Å². The van der Waals surface area contributed by atoms with Crippen LogP contribution < -0.4 is 0 Å². The number of carbonyl (C=O) groups excluding carboxylic acids is 4. The third kappa shape index (κ3) is 4.02. The summed E-state index contributed by atoms with van der Waals surface area (Å²) >= 11 is 0. The minimum Gasteiger partial charge on any atom is -0.277 e. The van der Waals surface area contributed by atoms with Gasteiger partial charge in [0.1, 0.15) is 0 Å². The maximum absolute atomic E-state index is 11.1. The zero-order valence-electron chi connectivity index (χ0n) is 14.1. The van der Waals surface area contributed by atoms with E-state index in [1.165, 1.54) is 22.0 Å². The van der Waals surface area contributed by atoms with Crippen LogP contribution in [0.3, 0.4) is 0 Å². The minimum absolute atomic E-state index is 0.0394. The highest BCUT2D eigenvalue weighted by molar-refractivity contribution is 6.13. The third-order valence-electron chi connectivity index (χ3n) is 3.20. The molecule has 0 aromatic carbocycles. The Morgan fingerprint density at radius 3 is 1.18 bits per heavy atom. The normalized spacial score (nSPS) is 19.0. The van der Waals surface area contributed by atoms with E-state index >= 15 is 0 Å². The highest BCUT2D eigenvalue weighted by atomic mass is 16.2. The topological polar surface area (TPSA) is 74.8 Å². The van der Waals surface area contributed by atoms with Gasteiger partial charge >= 0.3 is 0 Å². The first-order valence-electron chi connectivity index (χ1n) is 7.28. The van der Waals surface area contributed by atoms with Crippen LogP contribution in [-0.4, -0.2) is 44.5 Å². The van der Waals surface area contributed by atoms with Gasteiger partial charge in [-0.15, -0.1) is 0 Å². The lowest BCUT2D eigenvalue weighted by atomic mass is 10.1. The number of likely N-dealkylation sites (tertiary alicyclic amines) is 1. The molecule has 4 amide bonds. The highest BCUT2D eigenvalue weighted by Gasteiger charge is 2.36. The lowest BCUT2D eigenvalue weighted by Crippen LogP contribution is -2.45. The molecule has 0 unspecified atom stereocenters. The smallest absolute Gasteiger partial charge is 0.254 e. The van der Waals surface area contributed by atoms with Crippen molar-refractivity contribution in [1.29, 1.82) is 0 Å². The van der Waals surface area contributed by atoms with Crippen molar-refractivity contribution < 1.29 is 19.2 Å². The number of nitrogens with zero attached hydrogens (tertiary/aromatic N) is 2. The van der Waals surface area contributed by atoms with Crippen LogP contribution in [-0.2, 0) is 19.2 Å². The molecule has 6 heteroatoms. The average Bonchev–Trinajstić information content (AvgIpc) is 2.81. The predicted molar refractivity (Wildman–Crippen MR) is 81.6 cm³/mol. The molecule has 1 fully saturated rings. The lowest BCUT2D eigenvalue weighted by molar-refractivity contribution is -0.144. The minimum atomic E-state index is -0.405. The Kier molecular flexibility index (Phi) is 4.95. The summed E-state index contributed by atoms with van der Waals surface area (Å²) in [4.78, 5) is 47.0. The van der Waals surface area contributed by atoms with Gasteiger partial charge in [0, 0.05) is 36.1 Å². The van der Waals surface area contributed by atoms with E-state index in [9.17, 15) is 19.2 Å². The molecule has 2 rings (SSSR count). The summed E-state index contributed by atoms with van der Waals surface area (Å²) < 4.78 is 0. The molecule has 0 spiro atoms. The Hall–Kier alpha value is -1.98. The molecule has 0 aromatic heterocycles. The maximum Gasteiger partial charge on any atom is 0.254 e. The number of carbonyl (C=O) groups is 4. The van der Waals surface area contributed by atoms with Crippen molar-refractivity contribution in [1.82, 2.24) is 9.80 Å². The molecular weight excluding hydrogens is 284 g/mol. The van der Waals surface area contributed by atoms with E-state index < -0.39 is 5.54 Å². The van der Waals surface area contributed by atoms with Gasteiger partial charge in [0.2, 0.25) is 11.8 Å². The molecule has 0 aromatic rings. The summed E-state index contributed by atoms with van der Waals surface area (Å²) in [5, 5.41) is 0. The molecule has 2 aliphatic rings. The number of hydrogen-bond acceptors (Lipinski definition) is 4. The summed E-state index contributed by atoms with van der Waals surface area (Å²) in [6.07, 6.45) is 3.37. The van der Waals surface area contributed by atoms with Crippen LogP contribution in [0.2, 0.25) is 0 Å². The van der Waals surface area contributed by atoms with Crippen molar-refractivity contribution >= 4 is 23.6 Å². The van der Waals surface area contributed by atoms with Crippen molar-refractivity contribution in [3.8, 4) is 0 Å². The van der Waals surface area contributed by atoms with Crippen molar-refractivity contribution in [2.24, 2.45) is 0 Å². The Bertz CT molecular complexity index is 489. The van der Waals surface area contributed by atoms with E-state index in [0.29, 0.717) is 12.8 Å². The van der Waals surface area contributed by atoms with E-state index in [1.54, 1.807) is 0 Å². The average molecular weight is 308 g/mol. The van der Waals surface area contributed by atoms with Crippen LogP contribution in [0.1, 0.15) is 54.4 Å². The van der Waals surface area contributed by atoms with Crippen LogP contribution in [0.4, 0.5) is 0 Å². The first-order valence-corrected chi connectivity index (χ1v) is 7.28. The zero-order valence-corrected chi connectivity index (χ0v) is 14.1. The Morgan fingerprint density at radius 1 is 0.682 bits per heavy atom. The summed E-state index contributed by atoms with van der Waals surface area (Å²) in [7, 11) is 0. The fourth-order valence-electron chi connectivity index (χ4n) is 2.39. The van der Waals surface area contributed by atoms with E-state index in [-0.39, 0.29) is 29.2 Å². The number of hydrogen-bond donors (Lipinski definition) is 0. The summed E-state index contributed by atoms with van der Waals surface area (Å²) in [5.74, 6) is -0.519. The van der Waals surface area contributed by atoms with Crippen molar-refractivity contribution in [2.75, 3.05) is 0 Å². The molecule has 22 heavy (non-hydrogen) atoms. The van der Waals surface area contributed by atoms with Gasteiger partial charge in [0.25, 0.3) is 11.8 Å². The third-order valence-corrected chi connectivity index (χ3v) is 3.20. The molecule has 0 N–H and O–H groups in total. The zero-order chi connectivity index (χ0) is 17.3. The quantitative estimate of drug-likeness (QED) is 0.638. The first-order chi connectivity index (χ1) is 9.85. The maximum atomic E-state index is 11.1. The second-order valence-electron chi connectivity index (χ2n) is 7.31. The van der Waals surface area contributed by atoms with Gasteiger partial charge < -0.3 is 0 Å². The Morgan fingerprint density at radius 2 is 1.00 bits per heavy atom. The van der Waals surface area contributed by atoms with Gasteiger partial charge in [-0.3, -0.25) is 29.0 Å². The molecule has 2 heterocycles. The molecule has 0 bridgehead atoms. The Balaban J connectivity index is 0.000000220. The van der Waals surface area contributed by atoms with Crippen LogP contribution in [0.15, 0.2) is 12.2 Å². The van der Waals surface area contributed by atoms with Gasteiger partial charge in [0.05, 0.1) is 0 Å². The highest BCUT2D eigenvalue weighted by Crippen LogP contribution is 2.22. The summed E-state index contributed by atoms with van der Waals surface area (Å²) in [6, 6.07) is 0. The van der Waals surface area contributed by atoms with Gasteiger partial charge in [-0.2, -0.15) is 0 Å². The van der Waals surface area contributed by atoms with Gasteiger partial charge in [-0.1, -0.05) is 0 Å². The fourth-order valence-corrected chi connectivity index (χ4v) is 2.39. The number of rotatable bonds is 0. The molecular formula is C16H24N2O4. The second-order valence-corrected chi connectivity index (χ2v) is 7.31. The SMILES string of the molecule is CC(C)(C)N1C(=O)C=CC1=O.CC(C)(C)N1C(=O)CCC1=O. The molecule has 0 aliphatic carbocycles. The summed E-state index contributed by atoms with van der Waals surface area (Å²) in [6.45, 7) is 11.1. The molecule has 0 radical (unpaired) electrons. The number of amides is 4. The van der Waals surface area contributed by atoms with E-state index in [4.69, 9.17) is 0 Å². The second kappa shape index (κ2) is 6.02. The summed E-state index contributed by atoms with van der Waals surface area (Å²) in [5.41, 5.74) is -0.748. The predicted octanol–water partition coefficient (Wildman–Crippen LogP) is 1.64. The molecule has 1 saturated heterocycles. The lowest BCUT2D eigenvalue weighted by Gasteiger charge is -2.29. The van der Waals surface area contributed by atoms with E-state index in [0.717, 1.165) is 0 Å². The van der Waals surface area contributed by atoms with Crippen LogP contribution in [0, 0.1) is 0 Å². The molecule has 2 aliphatic heterocycles. The fraction of sp³-hybridized carbons (Fsp3) is 0.625. The number of imide groups is 2. The van der Waals surface area contributed by atoms with Crippen LogP contribution >= 0.6 is 0 Å². The standard InChI is InChI=1S/C8H13NO2.C8H11NO2/c2*1-8(2,3)9-6(10)4-5-7(9)11/h4-5H2,1-3H3;4-5H,1-3H3. The van der Waals surface area contributed by atoms with Crippen molar-refractivity contribution in [2.45, 2.75) is 65.5 Å². The van der Waals surface area contributed by atoms with Crippen molar-refractivity contribution in [3.63, 3.8) is 0 Å². The van der Waals surface area contributed by atoms with E-state index in [1.807, 2.05) is 41.5 Å². The van der Waals surface area contributed by atoms with Gasteiger partial charge in [-0.05, 0) is 41.5 Å². The van der Waals surface area contributed by atoms with Crippen LogP contribution in [0.5, 0.6) is 0 Å². The first kappa shape index (κ1) is 18.1. The van der Waals surface area contributed by atoms with E-state index in [2.05, 4.69) is 0 Å². The molecule has 0 saturated carbocycles. The van der Waals surface area contributed by atoms with Gasteiger partial charge in [-0.25, -0.2) is 0 Å². The monoisotopic (exact) mass is 308 g/mol. The largest absolute Gasteiger partial charge is 0.277 e. The molecule has 0 atom stereocenters. The van der Waals surface area contributed by atoms with Crippen molar-refractivity contribution in [3.05, 3.63) is 12.2 Å². The van der Waals surface area contributed by atoms with Gasteiger partial charge in [0.15, 0.2) is 0 Å². The molecule has 122 valence electrons. The van der Waals surface area contributed by atoms with Crippen LogP contribution in [0.25, 0.3) is 0 Å². The molecule has 6 nitrogen and oxygen atoms in total.